The van der Waals surface area contributed by atoms with Gasteiger partial charge in [0.25, 0.3) is 5.91 Å². The van der Waals surface area contributed by atoms with Crippen LogP contribution in [-0.2, 0) is 20.8 Å². The number of phenols is 1. The number of ketones is 2. The van der Waals surface area contributed by atoms with Crippen molar-refractivity contribution in [3.8, 4) is 11.5 Å². The van der Waals surface area contributed by atoms with Crippen molar-refractivity contribution in [3.63, 3.8) is 0 Å². The summed E-state index contributed by atoms with van der Waals surface area (Å²) in [6.45, 7) is 0. The Kier molecular flexibility index (Phi) is 5.36. The number of benzene rings is 2. The highest BCUT2D eigenvalue weighted by Gasteiger charge is 2.64. The maximum atomic E-state index is 14.0. The molecule has 0 saturated heterocycles. The van der Waals surface area contributed by atoms with Crippen LogP contribution in [-0.4, -0.2) is 75.6 Å². The highest BCUT2D eigenvalue weighted by molar-refractivity contribution is 6.24. The molecule has 3 aliphatic rings. The van der Waals surface area contributed by atoms with E-state index in [2.05, 4.69) is 0 Å². The van der Waals surface area contributed by atoms with Gasteiger partial charge in [-0.25, -0.2) is 4.39 Å². The average molecular weight is 512 g/mol. The van der Waals surface area contributed by atoms with E-state index in [0.29, 0.717) is 10.9 Å². The van der Waals surface area contributed by atoms with Crippen LogP contribution in [0.25, 0.3) is 16.5 Å². The number of phenolic OH excluding ortho intramolecular Hbond substituents is 1. The summed E-state index contributed by atoms with van der Waals surface area (Å²) in [4.78, 5) is 40.5. The third-order valence-electron chi connectivity index (χ3n) is 7.81. The highest BCUT2D eigenvalue weighted by Crippen LogP contribution is 2.55. The number of nitrogens with zero attached hydrogens (tertiary/aromatic N) is 1. The summed E-state index contributed by atoms with van der Waals surface area (Å²) in [6, 6.07) is 2.52. The summed E-state index contributed by atoms with van der Waals surface area (Å²) in [6.07, 6.45) is 0.0235. The molecule has 3 aliphatic carbocycles. The van der Waals surface area contributed by atoms with Crippen LogP contribution in [0.1, 0.15) is 17.5 Å². The van der Waals surface area contributed by atoms with Gasteiger partial charge in [-0.05, 0) is 51.1 Å². The molecule has 11 heteroatoms. The molecule has 194 valence electrons. The van der Waals surface area contributed by atoms with E-state index < -0.39 is 69.6 Å². The first-order valence-corrected chi connectivity index (χ1v) is 11.5. The third kappa shape index (κ3) is 3.07. The number of rotatable bonds is 3. The van der Waals surface area contributed by atoms with Crippen LogP contribution in [0.15, 0.2) is 35.1 Å². The van der Waals surface area contributed by atoms with Gasteiger partial charge in [0, 0.05) is 27.8 Å². The Morgan fingerprint density at radius 2 is 1.86 bits per heavy atom. The van der Waals surface area contributed by atoms with Gasteiger partial charge in [-0.1, -0.05) is 0 Å². The molecule has 0 aromatic heterocycles. The molecule has 0 radical (unpaired) electrons. The number of Topliss-reactive ketones (excluding diaryl/α,β-unsaturated/α-hetero) is 2. The Morgan fingerprint density at radius 1 is 1.19 bits per heavy atom. The molecule has 0 bridgehead atoms. The lowest BCUT2D eigenvalue weighted by molar-refractivity contribution is -0.153. The summed E-state index contributed by atoms with van der Waals surface area (Å²) in [5, 5.41) is 45.3. The zero-order valence-corrected chi connectivity index (χ0v) is 20.2. The van der Waals surface area contributed by atoms with Gasteiger partial charge in [-0.2, -0.15) is 0 Å². The largest absolute Gasteiger partial charge is 0.508 e. The van der Waals surface area contributed by atoms with Crippen LogP contribution in [0.2, 0.25) is 0 Å². The van der Waals surface area contributed by atoms with Crippen LogP contribution in [0.3, 0.4) is 0 Å². The Bertz CT molecular complexity index is 1490. The van der Waals surface area contributed by atoms with Crippen molar-refractivity contribution in [1.82, 2.24) is 4.90 Å². The van der Waals surface area contributed by atoms with E-state index in [0.717, 1.165) is 6.07 Å². The van der Waals surface area contributed by atoms with Gasteiger partial charge in [-0.15, -0.1) is 0 Å². The van der Waals surface area contributed by atoms with Crippen molar-refractivity contribution in [3.05, 3.63) is 52.0 Å². The second-order valence-corrected chi connectivity index (χ2v) is 9.89. The van der Waals surface area contributed by atoms with Crippen molar-refractivity contribution in [1.29, 1.82) is 0 Å². The molecule has 1 saturated carbocycles. The van der Waals surface area contributed by atoms with Gasteiger partial charge in [0.15, 0.2) is 11.4 Å². The van der Waals surface area contributed by atoms with Gasteiger partial charge in [-0.3, -0.25) is 19.3 Å². The van der Waals surface area contributed by atoms with Crippen molar-refractivity contribution >= 4 is 34.0 Å². The maximum absolute atomic E-state index is 14.0. The first-order valence-electron chi connectivity index (χ1n) is 11.5. The van der Waals surface area contributed by atoms with E-state index in [-0.39, 0.29) is 35.1 Å². The standard InChI is InChI=1S/C26H25FN2O8/c1-29(2)18-14-7-9-6-13-16(19(30)12-8-10(27)4-5-11(12)22(13)37-3)20(31)15(9)23(33)26(14,36)24(34)17(21(18)32)25(28)35/h4-5,8-9,14,18,30-31,34,36H,6-7H2,1-3H3,(H2,28,35)/t9-,14-,18-,26-/m0/s1. The zero-order valence-electron chi connectivity index (χ0n) is 20.2. The van der Waals surface area contributed by atoms with Crippen LogP contribution in [0, 0.1) is 17.7 Å². The number of hydrogen-bond donors (Lipinski definition) is 5. The topological polar surface area (TPSA) is 171 Å². The number of aliphatic hydroxyl groups excluding tert-OH is 2. The van der Waals surface area contributed by atoms with E-state index in [1.54, 1.807) is 0 Å². The number of hydrogen-bond acceptors (Lipinski definition) is 9. The number of methoxy groups -OCH3 is 1. The molecule has 5 rings (SSSR count). The normalized spacial score (nSPS) is 27.4. The minimum atomic E-state index is -2.73. The number of primary amides is 1. The first-order chi connectivity index (χ1) is 17.4. The zero-order chi connectivity index (χ0) is 27.1. The fourth-order valence-corrected chi connectivity index (χ4v) is 6.28. The molecule has 2 aromatic rings. The van der Waals surface area contributed by atoms with Crippen LogP contribution in [0.5, 0.6) is 11.5 Å². The van der Waals surface area contributed by atoms with Gasteiger partial charge >= 0.3 is 0 Å². The summed E-state index contributed by atoms with van der Waals surface area (Å²) < 4.78 is 19.6. The quantitative estimate of drug-likeness (QED) is 0.380. The summed E-state index contributed by atoms with van der Waals surface area (Å²) >= 11 is 0. The molecular formula is C26H25FN2O8. The second kappa shape index (κ2) is 8.02. The minimum Gasteiger partial charge on any atom is -0.508 e. The van der Waals surface area contributed by atoms with Gasteiger partial charge in [0.2, 0.25) is 5.78 Å². The number of nitrogens with two attached hydrogens (primary N) is 1. The van der Waals surface area contributed by atoms with E-state index in [1.165, 1.54) is 38.2 Å². The number of aliphatic hydroxyl groups is 3. The summed E-state index contributed by atoms with van der Waals surface area (Å²) in [5.74, 6) is -7.87. The molecule has 6 N–H and O–H groups in total. The number of amides is 1. The molecule has 2 aromatic carbocycles. The van der Waals surface area contributed by atoms with Gasteiger partial charge in [0.05, 0.1) is 18.7 Å². The van der Waals surface area contributed by atoms with E-state index in [9.17, 15) is 39.2 Å². The minimum absolute atomic E-state index is 0.0377. The summed E-state index contributed by atoms with van der Waals surface area (Å²) in [7, 11) is 4.44. The molecule has 0 aliphatic heterocycles. The molecule has 10 nitrogen and oxygen atoms in total. The molecule has 0 unspecified atom stereocenters. The summed E-state index contributed by atoms with van der Waals surface area (Å²) in [5.41, 5.74) is 1.62. The Labute approximate surface area is 210 Å². The third-order valence-corrected chi connectivity index (χ3v) is 7.81. The average Bonchev–Trinajstić information content (AvgIpc) is 2.81. The van der Waals surface area contributed by atoms with Crippen LogP contribution < -0.4 is 10.5 Å². The predicted molar refractivity (Wildman–Crippen MR) is 128 cm³/mol. The Hall–Kier alpha value is -3.96. The molecule has 0 heterocycles. The number of carbonyl (C=O) groups is 3. The number of ether oxygens (including phenoxy) is 1. The van der Waals surface area contributed by atoms with Gasteiger partial charge < -0.3 is 30.9 Å². The van der Waals surface area contributed by atoms with Crippen molar-refractivity contribution < 1.29 is 43.9 Å². The molecular weight excluding hydrogens is 487 g/mol. The van der Waals surface area contributed by atoms with Crippen molar-refractivity contribution in [2.75, 3.05) is 21.2 Å². The number of aromatic hydroxyl groups is 1. The molecule has 1 fully saturated rings. The van der Waals surface area contributed by atoms with Gasteiger partial charge in [0.1, 0.15) is 34.4 Å². The fourth-order valence-electron chi connectivity index (χ4n) is 6.28. The monoisotopic (exact) mass is 512 g/mol. The van der Waals surface area contributed by atoms with Crippen LogP contribution in [0.4, 0.5) is 4.39 Å². The fraction of sp³-hybridized carbons (Fsp3) is 0.346. The molecule has 37 heavy (non-hydrogen) atoms. The number of fused-ring (bicyclic) bond motifs is 4. The van der Waals surface area contributed by atoms with Crippen molar-refractivity contribution in [2.24, 2.45) is 17.6 Å². The number of halogens is 1. The smallest absolute Gasteiger partial charge is 0.255 e. The first kappa shape index (κ1) is 24.7. The second-order valence-electron chi connectivity index (χ2n) is 9.89. The lowest BCUT2D eigenvalue weighted by Crippen LogP contribution is -2.65. The molecule has 1 amide bonds. The lowest BCUT2D eigenvalue weighted by atomic mass is 9.57. The number of likely N-dealkylation sites (N-methyl/N-ethyl adjacent to an activating group) is 1. The van der Waals surface area contributed by atoms with Crippen molar-refractivity contribution in [2.45, 2.75) is 24.5 Å². The number of carbonyl (C=O) groups excluding carboxylic acids is 3. The maximum Gasteiger partial charge on any atom is 0.255 e. The van der Waals surface area contributed by atoms with E-state index in [1.807, 2.05) is 0 Å². The lowest BCUT2D eigenvalue weighted by Gasteiger charge is -2.50. The molecule has 0 spiro atoms. The van der Waals surface area contributed by atoms with E-state index in [4.69, 9.17) is 10.5 Å². The van der Waals surface area contributed by atoms with E-state index >= 15 is 0 Å². The van der Waals surface area contributed by atoms with Crippen LogP contribution >= 0.6 is 0 Å². The molecule has 4 atom stereocenters. The Morgan fingerprint density at radius 3 is 2.46 bits per heavy atom. The highest BCUT2D eigenvalue weighted by atomic mass is 19.1. The predicted octanol–water partition coefficient (Wildman–Crippen LogP) is 1.26. The Balaban J connectivity index is 1.81. The SMILES string of the molecule is COc1c2c(c(O)c3cc(F)ccc13)C(O)=C1C(=O)[C@]3(O)C(O)=C(C(N)=O)C(=O)[C@@H](N(C)C)[C@@H]3C[C@@H]1C2.